The Morgan fingerprint density at radius 3 is 2.33 bits per heavy atom. The van der Waals surface area contributed by atoms with E-state index in [4.69, 9.17) is 33.0 Å². The van der Waals surface area contributed by atoms with E-state index in [1.165, 1.54) is 0 Å². The van der Waals surface area contributed by atoms with E-state index in [1.54, 1.807) is 0 Å². The molecule has 0 aliphatic rings. The first-order chi connectivity index (χ1) is 8.62. The molecule has 0 heterocycles. The van der Waals surface area contributed by atoms with Gasteiger partial charge in [-0.05, 0) is 31.0 Å². The third-order valence-corrected chi connectivity index (χ3v) is 3.22. The van der Waals surface area contributed by atoms with E-state index in [1.807, 2.05) is 26.0 Å². The van der Waals surface area contributed by atoms with Crippen molar-refractivity contribution in [2.45, 2.75) is 32.9 Å². The van der Waals surface area contributed by atoms with Crippen LogP contribution in [0.15, 0.2) is 12.1 Å². The standard InChI is InChI=1S/C13H19Cl2NO2/c1-3-10(8-17)16-7-9-5-11(14)13(18-4-2)12(15)6-9/h5-6,10,16-17H,3-4,7-8H2,1-2H3/t10-/m0/s1. The SMILES string of the molecule is CCOc1c(Cl)cc(CN[C@@H](CC)CO)cc1Cl. The molecule has 0 spiro atoms. The van der Waals surface area contributed by atoms with E-state index in [2.05, 4.69) is 5.32 Å². The van der Waals surface area contributed by atoms with Gasteiger partial charge >= 0.3 is 0 Å². The second-order valence-corrected chi connectivity index (χ2v) is 4.80. The maximum Gasteiger partial charge on any atom is 0.156 e. The second-order valence-electron chi connectivity index (χ2n) is 3.99. The van der Waals surface area contributed by atoms with Gasteiger partial charge in [0.15, 0.2) is 5.75 Å². The van der Waals surface area contributed by atoms with Gasteiger partial charge in [-0.2, -0.15) is 0 Å². The monoisotopic (exact) mass is 291 g/mol. The first-order valence-corrected chi connectivity index (χ1v) is 6.82. The fraction of sp³-hybridized carbons (Fsp3) is 0.538. The molecular formula is C13H19Cl2NO2. The van der Waals surface area contributed by atoms with Crippen LogP contribution in [0.1, 0.15) is 25.8 Å². The lowest BCUT2D eigenvalue weighted by Gasteiger charge is -2.15. The molecule has 1 aromatic carbocycles. The number of halogens is 2. The molecule has 0 radical (unpaired) electrons. The van der Waals surface area contributed by atoms with Crippen LogP contribution < -0.4 is 10.1 Å². The summed E-state index contributed by atoms with van der Waals surface area (Å²) >= 11 is 12.2. The Balaban J connectivity index is 2.73. The lowest BCUT2D eigenvalue weighted by Crippen LogP contribution is -2.31. The molecular weight excluding hydrogens is 273 g/mol. The van der Waals surface area contributed by atoms with Crippen LogP contribution in [-0.4, -0.2) is 24.4 Å². The van der Waals surface area contributed by atoms with Crippen LogP contribution in [0.2, 0.25) is 10.0 Å². The number of hydrogen-bond donors (Lipinski definition) is 2. The zero-order chi connectivity index (χ0) is 13.5. The van der Waals surface area contributed by atoms with Crippen molar-refractivity contribution in [3.05, 3.63) is 27.7 Å². The van der Waals surface area contributed by atoms with Gasteiger partial charge in [0.25, 0.3) is 0 Å². The zero-order valence-electron chi connectivity index (χ0n) is 10.7. The molecule has 102 valence electrons. The van der Waals surface area contributed by atoms with Crippen LogP contribution >= 0.6 is 23.2 Å². The molecule has 0 amide bonds. The molecule has 5 heteroatoms. The molecule has 0 aromatic heterocycles. The van der Waals surface area contributed by atoms with Gasteiger partial charge in [-0.3, -0.25) is 0 Å². The van der Waals surface area contributed by atoms with Gasteiger partial charge < -0.3 is 15.2 Å². The van der Waals surface area contributed by atoms with Crippen molar-refractivity contribution in [3.8, 4) is 5.75 Å². The Kier molecular flexibility index (Phi) is 6.79. The topological polar surface area (TPSA) is 41.5 Å². The summed E-state index contributed by atoms with van der Waals surface area (Å²) in [6.45, 7) is 5.17. The minimum atomic E-state index is 0.0918. The molecule has 0 unspecified atom stereocenters. The number of aliphatic hydroxyl groups is 1. The van der Waals surface area contributed by atoms with Gasteiger partial charge in [0.2, 0.25) is 0 Å². The van der Waals surface area contributed by atoms with Crippen LogP contribution in [0.5, 0.6) is 5.75 Å². The molecule has 1 aromatic rings. The highest BCUT2D eigenvalue weighted by atomic mass is 35.5. The molecule has 1 atom stereocenters. The van der Waals surface area contributed by atoms with Crippen LogP contribution in [0, 0.1) is 0 Å². The van der Waals surface area contributed by atoms with Crippen molar-refractivity contribution in [2.75, 3.05) is 13.2 Å². The lowest BCUT2D eigenvalue weighted by molar-refractivity contribution is 0.238. The number of nitrogens with one attached hydrogen (secondary N) is 1. The first-order valence-electron chi connectivity index (χ1n) is 6.07. The van der Waals surface area contributed by atoms with Crippen molar-refractivity contribution in [1.29, 1.82) is 0 Å². The second kappa shape index (κ2) is 7.85. The molecule has 0 saturated heterocycles. The van der Waals surface area contributed by atoms with Gasteiger partial charge in [0.05, 0.1) is 23.3 Å². The third kappa shape index (κ3) is 4.32. The van der Waals surface area contributed by atoms with Crippen LogP contribution in [-0.2, 0) is 6.54 Å². The van der Waals surface area contributed by atoms with Crippen molar-refractivity contribution >= 4 is 23.2 Å². The lowest BCUT2D eigenvalue weighted by atomic mass is 10.2. The molecule has 2 N–H and O–H groups in total. The number of aliphatic hydroxyl groups excluding tert-OH is 1. The van der Waals surface area contributed by atoms with Crippen molar-refractivity contribution < 1.29 is 9.84 Å². The Labute approximate surface area is 118 Å². The summed E-state index contributed by atoms with van der Waals surface area (Å²) < 4.78 is 5.37. The highest BCUT2D eigenvalue weighted by molar-refractivity contribution is 6.37. The summed E-state index contributed by atoms with van der Waals surface area (Å²) in [6, 6.07) is 3.75. The average molecular weight is 292 g/mol. The number of benzene rings is 1. The highest BCUT2D eigenvalue weighted by Gasteiger charge is 2.10. The smallest absolute Gasteiger partial charge is 0.156 e. The molecule has 1 rings (SSSR count). The molecule has 0 bridgehead atoms. The molecule has 3 nitrogen and oxygen atoms in total. The van der Waals surface area contributed by atoms with Gasteiger partial charge in [-0.15, -0.1) is 0 Å². The van der Waals surface area contributed by atoms with E-state index in [0.29, 0.717) is 28.9 Å². The van der Waals surface area contributed by atoms with Crippen LogP contribution in [0.3, 0.4) is 0 Å². The fourth-order valence-corrected chi connectivity index (χ4v) is 2.24. The Hall–Kier alpha value is -0.480. The first kappa shape index (κ1) is 15.6. The normalized spacial score (nSPS) is 12.5. The number of ether oxygens (including phenoxy) is 1. The average Bonchev–Trinajstić information content (AvgIpc) is 2.35. The molecule has 18 heavy (non-hydrogen) atoms. The van der Waals surface area contributed by atoms with E-state index in [-0.39, 0.29) is 12.6 Å². The highest BCUT2D eigenvalue weighted by Crippen LogP contribution is 2.34. The Bertz CT molecular complexity index is 358. The van der Waals surface area contributed by atoms with E-state index < -0.39 is 0 Å². The predicted molar refractivity (Wildman–Crippen MR) is 75.6 cm³/mol. The number of hydrogen-bond acceptors (Lipinski definition) is 3. The van der Waals surface area contributed by atoms with E-state index in [9.17, 15) is 0 Å². The summed E-state index contributed by atoms with van der Waals surface area (Å²) in [5.41, 5.74) is 0.973. The minimum absolute atomic E-state index is 0.0918. The maximum atomic E-state index is 9.09. The largest absolute Gasteiger partial charge is 0.491 e. The third-order valence-electron chi connectivity index (χ3n) is 2.65. The van der Waals surface area contributed by atoms with Gasteiger partial charge in [-0.1, -0.05) is 30.1 Å². The van der Waals surface area contributed by atoms with Crippen molar-refractivity contribution in [2.24, 2.45) is 0 Å². The molecule has 0 fully saturated rings. The summed E-state index contributed by atoms with van der Waals surface area (Å²) in [5, 5.41) is 13.4. The molecule has 0 aliphatic carbocycles. The van der Waals surface area contributed by atoms with Gasteiger partial charge in [0, 0.05) is 12.6 Å². The van der Waals surface area contributed by atoms with Crippen molar-refractivity contribution in [1.82, 2.24) is 5.32 Å². The fourth-order valence-electron chi connectivity index (χ4n) is 1.60. The minimum Gasteiger partial charge on any atom is -0.491 e. The van der Waals surface area contributed by atoms with Gasteiger partial charge in [-0.25, -0.2) is 0 Å². The maximum absolute atomic E-state index is 9.09. The molecule has 0 saturated carbocycles. The van der Waals surface area contributed by atoms with Crippen molar-refractivity contribution in [3.63, 3.8) is 0 Å². The van der Waals surface area contributed by atoms with E-state index >= 15 is 0 Å². The molecule has 0 aliphatic heterocycles. The summed E-state index contributed by atoms with van der Waals surface area (Å²) in [7, 11) is 0. The summed E-state index contributed by atoms with van der Waals surface area (Å²) in [5.74, 6) is 0.527. The Morgan fingerprint density at radius 2 is 1.89 bits per heavy atom. The van der Waals surface area contributed by atoms with Gasteiger partial charge in [0.1, 0.15) is 0 Å². The number of rotatable bonds is 7. The summed E-state index contributed by atoms with van der Waals surface area (Å²) in [6.07, 6.45) is 0.870. The quantitative estimate of drug-likeness (QED) is 0.810. The zero-order valence-corrected chi connectivity index (χ0v) is 12.2. The Morgan fingerprint density at radius 1 is 1.28 bits per heavy atom. The summed E-state index contributed by atoms with van der Waals surface area (Å²) in [4.78, 5) is 0. The predicted octanol–water partition coefficient (Wildman–Crippen LogP) is 3.25. The van der Waals surface area contributed by atoms with E-state index in [0.717, 1.165) is 12.0 Å². The van der Waals surface area contributed by atoms with Crippen LogP contribution in [0.25, 0.3) is 0 Å². The van der Waals surface area contributed by atoms with Crippen LogP contribution in [0.4, 0.5) is 0 Å².